The molecule has 4 aromatic rings. The van der Waals surface area contributed by atoms with Crippen LogP contribution < -0.4 is 5.73 Å². The molecular weight excluding hydrogens is 563 g/mol. The third kappa shape index (κ3) is 6.27. The van der Waals surface area contributed by atoms with E-state index in [1.165, 1.54) is 18.5 Å². The van der Waals surface area contributed by atoms with Gasteiger partial charge in [-0.3, -0.25) is 15.0 Å². The van der Waals surface area contributed by atoms with Crippen molar-refractivity contribution < 1.29 is 13.2 Å². The van der Waals surface area contributed by atoms with Crippen molar-refractivity contribution in [3.05, 3.63) is 124 Å². The smallest absolute Gasteiger partial charge is 0.405 e. The highest BCUT2D eigenvalue weighted by atomic mass is 19.4. The first kappa shape index (κ1) is 30.3. The summed E-state index contributed by atoms with van der Waals surface area (Å²) in [5, 5.41) is 11.2. The molecule has 1 aliphatic rings. The summed E-state index contributed by atoms with van der Waals surface area (Å²) in [6.45, 7) is 2.65. The van der Waals surface area contributed by atoms with E-state index in [9.17, 15) is 18.4 Å². The second-order valence-electron chi connectivity index (χ2n) is 10.7. The molecule has 0 radical (unpaired) electrons. The second kappa shape index (κ2) is 12.6. The second-order valence-corrected chi connectivity index (χ2v) is 10.7. The Labute approximate surface area is 254 Å². The van der Waals surface area contributed by atoms with E-state index in [4.69, 9.17) is 10.7 Å². The van der Waals surface area contributed by atoms with Gasteiger partial charge in [-0.05, 0) is 71.3 Å². The van der Waals surface area contributed by atoms with Gasteiger partial charge in [0.2, 0.25) is 0 Å². The number of nitrogens with two attached hydrogens (primary N) is 1. The van der Waals surface area contributed by atoms with Gasteiger partial charge < -0.3 is 15.5 Å². The van der Waals surface area contributed by atoms with Crippen LogP contribution in [0.3, 0.4) is 0 Å². The minimum absolute atomic E-state index is 0.410. The molecule has 1 aliphatic heterocycles. The molecule has 10 heteroatoms. The van der Waals surface area contributed by atoms with Crippen LogP contribution in [0.5, 0.6) is 0 Å². The number of alkyl halides is 3. The molecule has 1 atom stereocenters. The van der Waals surface area contributed by atoms with Gasteiger partial charge in [0.15, 0.2) is 0 Å². The van der Waals surface area contributed by atoms with Crippen molar-refractivity contribution in [3.63, 3.8) is 0 Å². The van der Waals surface area contributed by atoms with Gasteiger partial charge in [-0.1, -0.05) is 31.2 Å². The maximum atomic E-state index is 13.3. The largest absolute Gasteiger partial charge is 0.433 e. The number of likely N-dealkylation sites (N-methyl/N-ethyl adjacent to an activating group) is 1. The molecular formula is C34H32F3N7. The summed E-state index contributed by atoms with van der Waals surface area (Å²) < 4.78 is 39.9. The first-order valence-electron chi connectivity index (χ1n) is 14.1. The number of halogens is 3. The summed E-state index contributed by atoms with van der Waals surface area (Å²) in [6, 6.07) is 18.5. The normalized spacial score (nSPS) is 14.5. The number of aryl methyl sites for hydroxylation is 1. The summed E-state index contributed by atoms with van der Waals surface area (Å²) in [5.41, 5.74) is 11.5. The molecule has 0 aliphatic carbocycles. The van der Waals surface area contributed by atoms with E-state index in [1.807, 2.05) is 74.6 Å². The minimum Gasteiger partial charge on any atom is -0.405 e. The monoisotopic (exact) mass is 595 g/mol. The molecule has 7 nitrogen and oxygen atoms in total. The Kier molecular flexibility index (Phi) is 8.67. The van der Waals surface area contributed by atoms with E-state index in [1.54, 1.807) is 12.3 Å². The number of rotatable bonds is 8. The highest BCUT2D eigenvalue weighted by molar-refractivity contribution is 5.87. The summed E-state index contributed by atoms with van der Waals surface area (Å²) in [4.78, 5) is 17.1. The molecule has 0 saturated carbocycles. The average molecular weight is 596 g/mol. The van der Waals surface area contributed by atoms with Crippen LogP contribution in [0.4, 0.5) is 18.9 Å². The van der Waals surface area contributed by atoms with Crippen LogP contribution >= 0.6 is 0 Å². The molecule has 2 N–H and O–H groups in total. The summed E-state index contributed by atoms with van der Waals surface area (Å²) >= 11 is 0. The SMILES string of the molecule is CCc1nc2ccc(C(C3=CN(C)CN3C)c3ccc(C(F)(F)F)nc3)cc2c(C#N)c1Cc1ccc(N=CC=CN)cc1. The van der Waals surface area contributed by atoms with E-state index in [0.717, 1.165) is 39.8 Å². The van der Waals surface area contributed by atoms with E-state index in [2.05, 4.69) is 20.9 Å². The highest BCUT2D eigenvalue weighted by Gasteiger charge is 2.33. The predicted molar refractivity (Wildman–Crippen MR) is 166 cm³/mol. The molecule has 2 aromatic heterocycles. The molecule has 1 unspecified atom stereocenters. The molecule has 2 aromatic carbocycles. The molecule has 0 fully saturated rings. The van der Waals surface area contributed by atoms with Gasteiger partial charge in [-0.25, -0.2) is 0 Å². The van der Waals surface area contributed by atoms with Crippen molar-refractivity contribution in [2.24, 2.45) is 10.7 Å². The van der Waals surface area contributed by atoms with E-state index < -0.39 is 17.8 Å². The van der Waals surface area contributed by atoms with Gasteiger partial charge in [0.1, 0.15) is 11.8 Å². The van der Waals surface area contributed by atoms with E-state index >= 15 is 0 Å². The zero-order valence-electron chi connectivity index (χ0n) is 24.7. The number of nitriles is 1. The number of aliphatic imine (C=N–C) groups is 1. The zero-order valence-corrected chi connectivity index (χ0v) is 24.7. The van der Waals surface area contributed by atoms with Gasteiger partial charge in [0.05, 0.1) is 29.4 Å². The van der Waals surface area contributed by atoms with Crippen molar-refractivity contribution in [1.29, 1.82) is 5.26 Å². The van der Waals surface area contributed by atoms with Crippen molar-refractivity contribution in [2.75, 3.05) is 20.8 Å². The van der Waals surface area contributed by atoms with Crippen molar-refractivity contribution in [2.45, 2.75) is 31.9 Å². The maximum Gasteiger partial charge on any atom is 0.433 e. The molecule has 224 valence electrons. The number of fused-ring (bicyclic) bond motifs is 1. The standard InChI is InChI=1S/C34H32F3N7/c1-4-29-26(16-22-6-10-25(11-7-22)40-15-5-14-38)28(18-39)27-17-23(8-12-30(27)42-29)33(31-20-43(2)21-44(31)3)24-9-13-32(41-19-24)34(35,36)37/h5-15,17,19-20,33H,4,16,21,38H2,1-3H3. The van der Waals surface area contributed by atoms with Crippen molar-refractivity contribution in [3.8, 4) is 6.07 Å². The molecule has 0 saturated heterocycles. The van der Waals surface area contributed by atoms with E-state index in [-0.39, 0.29) is 0 Å². The Morgan fingerprint density at radius 1 is 1.09 bits per heavy atom. The lowest BCUT2D eigenvalue weighted by molar-refractivity contribution is -0.141. The minimum atomic E-state index is -4.53. The highest BCUT2D eigenvalue weighted by Crippen LogP contribution is 2.39. The number of hydrogen-bond acceptors (Lipinski definition) is 7. The molecule has 3 heterocycles. The molecule has 5 rings (SSSR count). The lowest BCUT2D eigenvalue weighted by Crippen LogP contribution is -2.23. The van der Waals surface area contributed by atoms with Crippen LogP contribution in [-0.4, -0.2) is 46.7 Å². The third-order valence-electron chi connectivity index (χ3n) is 7.65. The van der Waals surface area contributed by atoms with Gasteiger partial charge in [-0.15, -0.1) is 0 Å². The number of benzene rings is 2. The first-order valence-corrected chi connectivity index (χ1v) is 14.1. The first-order chi connectivity index (χ1) is 21.1. The van der Waals surface area contributed by atoms with Gasteiger partial charge >= 0.3 is 6.18 Å². The van der Waals surface area contributed by atoms with Gasteiger partial charge in [-0.2, -0.15) is 18.4 Å². The fraction of sp³-hybridized carbons (Fsp3) is 0.235. The number of allylic oxidation sites excluding steroid dienone is 2. The lowest BCUT2D eigenvalue weighted by Gasteiger charge is -2.26. The van der Waals surface area contributed by atoms with Gasteiger partial charge in [0, 0.05) is 55.9 Å². The number of hydrogen-bond donors (Lipinski definition) is 1. The average Bonchev–Trinajstić information content (AvgIpc) is 3.34. The predicted octanol–water partition coefficient (Wildman–Crippen LogP) is 6.66. The van der Waals surface area contributed by atoms with Crippen LogP contribution in [0.2, 0.25) is 0 Å². The Morgan fingerprint density at radius 3 is 2.43 bits per heavy atom. The van der Waals surface area contributed by atoms with Gasteiger partial charge in [0.25, 0.3) is 0 Å². The topological polar surface area (TPSA) is 94.4 Å². The Balaban J connectivity index is 1.61. The van der Waals surface area contributed by atoms with E-state index in [0.29, 0.717) is 41.5 Å². The van der Waals surface area contributed by atoms with Crippen LogP contribution in [-0.2, 0) is 19.0 Å². The zero-order chi connectivity index (χ0) is 31.4. The van der Waals surface area contributed by atoms with Crippen molar-refractivity contribution in [1.82, 2.24) is 19.8 Å². The van der Waals surface area contributed by atoms with Crippen LogP contribution in [0, 0.1) is 11.3 Å². The molecule has 0 amide bonds. The molecule has 0 bridgehead atoms. The quantitative estimate of drug-likeness (QED) is 0.229. The molecule has 44 heavy (non-hydrogen) atoms. The summed E-state index contributed by atoms with van der Waals surface area (Å²) in [5.74, 6) is -0.410. The third-order valence-corrected chi connectivity index (χ3v) is 7.65. The van der Waals surface area contributed by atoms with Crippen molar-refractivity contribution >= 4 is 22.8 Å². The lowest BCUT2D eigenvalue weighted by atomic mass is 9.86. The van der Waals surface area contributed by atoms with Crippen LogP contribution in [0.25, 0.3) is 10.9 Å². The number of pyridine rings is 2. The Morgan fingerprint density at radius 2 is 1.84 bits per heavy atom. The Bertz CT molecular complexity index is 1780. The fourth-order valence-corrected chi connectivity index (χ4v) is 5.60. The summed E-state index contributed by atoms with van der Waals surface area (Å²) in [7, 11) is 3.89. The number of nitrogens with zero attached hydrogens (tertiary/aromatic N) is 6. The fourth-order valence-electron chi connectivity index (χ4n) is 5.60. The summed E-state index contributed by atoms with van der Waals surface area (Å²) in [6.07, 6.45) is 4.59. The van der Waals surface area contributed by atoms with Crippen LogP contribution in [0.15, 0.2) is 90.0 Å². The van der Waals surface area contributed by atoms with Crippen LogP contribution in [0.1, 0.15) is 52.0 Å². The Hall–Kier alpha value is -5.17. The molecule has 0 spiro atoms. The number of aromatic nitrogens is 2. The maximum absolute atomic E-state index is 13.3.